The smallest absolute Gasteiger partial charge is 0.303 e. The van der Waals surface area contributed by atoms with Crippen molar-refractivity contribution in [3.63, 3.8) is 0 Å². The van der Waals surface area contributed by atoms with Crippen LogP contribution in [0.1, 0.15) is 56.9 Å². The molecule has 0 aromatic heterocycles. The Kier molecular flexibility index (Phi) is 9.58. The van der Waals surface area contributed by atoms with Crippen molar-refractivity contribution in [2.24, 2.45) is 5.92 Å². The van der Waals surface area contributed by atoms with Crippen LogP contribution < -0.4 is 4.74 Å². The molecule has 0 aliphatic heterocycles. The van der Waals surface area contributed by atoms with Gasteiger partial charge in [-0.2, -0.15) is 0 Å². The molecule has 0 spiro atoms. The zero-order chi connectivity index (χ0) is 17.8. The number of carbonyl (C=O) groups is 2. The molecular weight excluding hydrogens is 308 g/mol. The predicted octanol–water partition coefficient (Wildman–Crippen LogP) is 4.14. The van der Waals surface area contributed by atoms with Crippen molar-refractivity contribution in [2.75, 3.05) is 7.11 Å². The maximum atomic E-state index is 10.8. The molecular formula is C19H28O5. The molecule has 5 heteroatoms. The third kappa shape index (κ3) is 9.18. The van der Waals surface area contributed by atoms with E-state index in [1.165, 1.54) is 5.56 Å². The average molecular weight is 336 g/mol. The third-order valence-electron chi connectivity index (χ3n) is 4.20. The molecule has 1 unspecified atom stereocenters. The Balaban J connectivity index is 2.41. The van der Waals surface area contributed by atoms with Crippen LogP contribution in [0.25, 0.3) is 0 Å². The Bertz CT molecular complexity index is 495. The summed E-state index contributed by atoms with van der Waals surface area (Å²) in [5, 5.41) is 17.5. The summed E-state index contributed by atoms with van der Waals surface area (Å²) in [4.78, 5) is 21.3. The van der Waals surface area contributed by atoms with Gasteiger partial charge in [-0.1, -0.05) is 37.8 Å². The van der Waals surface area contributed by atoms with Crippen LogP contribution in [0.5, 0.6) is 5.75 Å². The molecule has 0 fully saturated rings. The lowest BCUT2D eigenvalue weighted by Crippen LogP contribution is -2.08. The van der Waals surface area contributed by atoms with Crippen molar-refractivity contribution in [3.05, 3.63) is 29.8 Å². The minimum Gasteiger partial charge on any atom is -0.497 e. The van der Waals surface area contributed by atoms with Crippen LogP contribution in [0.3, 0.4) is 0 Å². The fourth-order valence-corrected chi connectivity index (χ4v) is 2.83. The van der Waals surface area contributed by atoms with Crippen LogP contribution in [-0.2, 0) is 16.0 Å². The summed E-state index contributed by atoms with van der Waals surface area (Å²) in [7, 11) is 1.63. The fraction of sp³-hybridized carbons (Fsp3) is 0.579. The first-order chi connectivity index (χ1) is 11.5. The SMILES string of the molecule is COc1ccc(CC(CCCCCCC(=O)O)CCC(=O)O)cc1. The van der Waals surface area contributed by atoms with Gasteiger partial charge in [0.25, 0.3) is 0 Å². The van der Waals surface area contributed by atoms with E-state index >= 15 is 0 Å². The quantitative estimate of drug-likeness (QED) is 0.529. The van der Waals surface area contributed by atoms with Gasteiger partial charge in [0.15, 0.2) is 0 Å². The van der Waals surface area contributed by atoms with E-state index in [1.54, 1.807) is 7.11 Å². The maximum Gasteiger partial charge on any atom is 0.303 e. The Morgan fingerprint density at radius 1 is 0.917 bits per heavy atom. The van der Waals surface area contributed by atoms with Crippen LogP contribution in [0.15, 0.2) is 24.3 Å². The van der Waals surface area contributed by atoms with E-state index < -0.39 is 11.9 Å². The number of ether oxygens (including phenoxy) is 1. The fourth-order valence-electron chi connectivity index (χ4n) is 2.83. The topological polar surface area (TPSA) is 83.8 Å². The van der Waals surface area contributed by atoms with Crippen LogP contribution in [0.2, 0.25) is 0 Å². The van der Waals surface area contributed by atoms with Crippen molar-refractivity contribution in [3.8, 4) is 5.75 Å². The number of aliphatic carboxylic acids is 2. The van der Waals surface area contributed by atoms with Crippen LogP contribution >= 0.6 is 0 Å². The van der Waals surface area contributed by atoms with Crippen molar-refractivity contribution in [1.29, 1.82) is 0 Å². The summed E-state index contributed by atoms with van der Waals surface area (Å²) in [5.74, 6) is -0.335. The summed E-state index contributed by atoms with van der Waals surface area (Å²) in [5.41, 5.74) is 1.19. The van der Waals surface area contributed by atoms with E-state index in [0.717, 1.165) is 37.9 Å². The highest BCUT2D eigenvalue weighted by atomic mass is 16.5. The lowest BCUT2D eigenvalue weighted by atomic mass is 9.89. The van der Waals surface area contributed by atoms with Crippen molar-refractivity contribution >= 4 is 11.9 Å². The van der Waals surface area contributed by atoms with Crippen LogP contribution in [-0.4, -0.2) is 29.3 Å². The number of unbranched alkanes of at least 4 members (excludes halogenated alkanes) is 3. The number of carboxylic acid groups (broad SMARTS) is 2. The summed E-state index contributed by atoms with van der Waals surface area (Å²) in [6.45, 7) is 0. The highest BCUT2D eigenvalue weighted by Crippen LogP contribution is 2.22. The molecule has 1 aromatic rings. The van der Waals surface area contributed by atoms with Gasteiger partial charge in [0.1, 0.15) is 5.75 Å². The summed E-state index contributed by atoms with van der Waals surface area (Å²) in [6.07, 6.45) is 6.59. The molecule has 134 valence electrons. The van der Waals surface area contributed by atoms with E-state index in [4.69, 9.17) is 14.9 Å². The van der Waals surface area contributed by atoms with Gasteiger partial charge in [0.05, 0.1) is 7.11 Å². The first-order valence-corrected chi connectivity index (χ1v) is 8.57. The number of methoxy groups -OCH3 is 1. The monoisotopic (exact) mass is 336 g/mol. The first-order valence-electron chi connectivity index (χ1n) is 8.57. The van der Waals surface area contributed by atoms with E-state index in [9.17, 15) is 9.59 Å². The molecule has 1 rings (SSSR count). The molecule has 0 saturated carbocycles. The molecule has 0 saturated heterocycles. The summed E-state index contributed by atoms with van der Waals surface area (Å²) < 4.78 is 5.15. The van der Waals surface area contributed by atoms with E-state index in [1.807, 2.05) is 24.3 Å². The van der Waals surface area contributed by atoms with Crippen molar-refractivity contribution in [2.45, 2.75) is 57.8 Å². The minimum atomic E-state index is -0.754. The zero-order valence-corrected chi connectivity index (χ0v) is 14.4. The van der Waals surface area contributed by atoms with Gasteiger partial charge in [-0.3, -0.25) is 9.59 Å². The first kappa shape index (κ1) is 20.0. The second-order valence-electron chi connectivity index (χ2n) is 6.20. The Labute approximate surface area is 143 Å². The van der Waals surface area contributed by atoms with Crippen LogP contribution in [0.4, 0.5) is 0 Å². The summed E-state index contributed by atoms with van der Waals surface area (Å²) >= 11 is 0. The van der Waals surface area contributed by atoms with Gasteiger partial charge >= 0.3 is 11.9 Å². The molecule has 0 radical (unpaired) electrons. The number of carboxylic acids is 2. The molecule has 24 heavy (non-hydrogen) atoms. The Hall–Kier alpha value is -2.04. The standard InChI is InChI=1S/C19H28O5/c1-24-17-11-8-16(9-12-17)14-15(10-13-19(22)23)6-4-2-3-5-7-18(20)21/h8-9,11-12,15H,2-7,10,13-14H2,1H3,(H,20,21)(H,22,23). The van der Waals surface area contributed by atoms with Crippen molar-refractivity contribution in [1.82, 2.24) is 0 Å². The molecule has 0 aliphatic carbocycles. The zero-order valence-electron chi connectivity index (χ0n) is 14.4. The minimum absolute atomic E-state index is 0.194. The van der Waals surface area contributed by atoms with Crippen LogP contribution in [0, 0.1) is 5.92 Å². The molecule has 1 atom stereocenters. The van der Waals surface area contributed by atoms with Gasteiger partial charge in [0, 0.05) is 12.8 Å². The Morgan fingerprint density at radius 2 is 1.54 bits per heavy atom. The van der Waals surface area contributed by atoms with E-state index in [0.29, 0.717) is 18.8 Å². The highest BCUT2D eigenvalue weighted by molar-refractivity contribution is 5.66. The van der Waals surface area contributed by atoms with Gasteiger partial charge in [-0.25, -0.2) is 0 Å². The van der Waals surface area contributed by atoms with Gasteiger partial charge in [-0.15, -0.1) is 0 Å². The highest BCUT2D eigenvalue weighted by Gasteiger charge is 2.12. The van der Waals surface area contributed by atoms with Gasteiger partial charge < -0.3 is 14.9 Å². The lowest BCUT2D eigenvalue weighted by molar-refractivity contribution is -0.138. The maximum absolute atomic E-state index is 10.8. The largest absolute Gasteiger partial charge is 0.497 e. The molecule has 2 N–H and O–H groups in total. The molecule has 1 aromatic carbocycles. The van der Waals surface area contributed by atoms with Crippen molar-refractivity contribution < 1.29 is 24.5 Å². The summed E-state index contributed by atoms with van der Waals surface area (Å²) in [6, 6.07) is 7.91. The number of benzene rings is 1. The van der Waals surface area contributed by atoms with E-state index in [2.05, 4.69) is 0 Å². The second kappa shape index (κ2) is 11.5. The third-order valence-corrected chi connectivity index (χ3v) is 4.20. The normalized spacial score (nSPS) is 11.9. The predicted molar refractivity (Wildman–Crippen MR) is 92.4 cm³/mol. The lowest BCUT2D eigenvalue weighted by Gasteiger charge is -2.16. The molecule has 0 amide bonds. The van der Waals surface area contributed by atoms with Gasteiger partial charge in [-0.05, 0) is 42.9 Å². The van der Waals surface area contributed by atoms with E-state index in [-0.39, 0.29) is 12.8 Å². The molecule has 5 nitrogen and oxygen atoms in total. The second-order valence-corrected chi connectivity index (χ2v) is 6.20. The number of rotatable bonds is 13. The number of hydrogen-bond donors (Lipinski definition) is 2. The average Bonchev–Trinajstić information content (AvgIpc) is 2.55. The molecule has 0 heterocycles. The molecule has 0 aliphatic rings. The Morgan fingerprint density at radius 3 is 2.12 bits per heavy atom. The van der Waals surface area contributed by atoms with Gasteiger partial charge in [0.2, 0.25) is 0 Å². The molecule has 0 bridgehead atoms. The number of hydrogen-bond acceptors (Lipinski definition) is 3.